The van der Waals surface area contributed by atoms with E-state index >= 15 is 0 Å². The van der Waals surface area contributed by atoms with Gasteiger partial charge in [-0.05, 0) is 11.6 Å². The fourth-order valence-electron chi connectivity index (χ4n) is 2.00. The molecule has 0 fully saturated rings. The van der Waals surface area contributed by atoms with Crippen molar-refractivity contribution in [1.82, 2.24) is 9.97 Å². The molecule has 92 valence electrons. The smallest absolute Gasteiger partial charge is 0.222 e. The first-order valence-corrected chi connectivity index (χ1v) is 5.87. The number of aromatic nitrogens is 2. The molecule has 1 atom stereocenters. The summed E-state index contributed by atoms with van der Waals surface area (Å²) in [5.41, 5.74) is 7.34. The van der Waals surface area contributed by atoms with E-state index in [1.54, 1.807) is 12.4 Å². The van der Waals surface area contributed by atoms with Crippen molar-refractivity contribution in [2.24, 2.45) is 0 Å². The SMILES string of the molecule is Nc1cnc(NCC2Cc3ccccc3O2)nc1. The second-order valence-electron chi connectivity index (χ2n) is 4.27. The summed E-state index contributed by atoms with van der Waals surface area (Å²) in [6.45, 7) is 0.679. The number of nitrogens with two attached hydrogens (primary N) is 1. The molecule has 1 aromatic carbocycles. The second-order valence-corrected chi connectivity index (χ2v) is 4.27. The van der Waals surface area contributed by atoms with Gasteiger partial charge in [-0.15, -0.1) is 0 Å². The van der Waals surface area contributed by atoms with Crippen LogP contribution in [0.4, 0.5) is 11.6 Å². The van der Waals surface area contributed by atoms with Crippen LogP contribution in [0, 0.1) is 0 Å². The predicted molar refractivity (Wildman–Crippen MR) is 69.5 cm³/mol. The van der Waals surface area contributed by atoms with Gasteiger partial charge in [0.05, 0.1) is 24.6 Å². The van der Waals surface area contributed by atoms with Crippen LogP contribution in [0.15, 0.2) is 36.7 Å². The Balaban J connectivity index is 1.58. The number of para-hydroxylation sites is 1. The number of hydrogen-bond acceptors (Lipinski definition) is 5. The molecular weight excluding hydrogens is 228 g/mol. The van der Waals surface area contributed by atoms with Crippen molar-refractivity contribution in [3.05, 3.63) is 42.2 Å². The minimum atomic E-state index is 0.128. The van der Waals surface area contributed by atoms with E-state index in [2.05, 4.69) is 21.4 Å². The molecule has 0 saturated heterocycles. The van der Waals surface area contributed by atoms with Gasteiger partial charge in [0, 0.05) is 6.42 Å². The van der Waals surface area contributed by atoms with Crippen molar-refractivity contribution in [2.75, 3.05) is 17.6 Å². The van der Waals surface area contributed by atoms with Crippen molar-refractivity contribution < 1.29 is 4.74 Å². The van der Waals surface area contributed by atoms with Gasteiger partial charge in [-0.1, -0.05) is 18.2 Å². The fourth-order valence-corrected chi connectivity index (χ4v) is 2.00. The van der Waals surface area contributed by atoms with Gasteiger partial charge >= 0.3 is 0 Å². The van der Waals surface area contributed by atoms with Gasteiger partial charge in [0.25, 0.3) is 0 Å². The third-order valence-corrected chi connectivity index (χ3v) is 2.87. The minimum Gasteiger partial charge on any atom is -0.488 e. The van der Waals surface area contributed by atoms with Crippen LogP contribution < -0.4 is 15.8 Å². The lowest BCUT2D eigenvalue weighted by Crippen LogP contribution is -2.24. The van der Waals surface area contributed by atoms with Crippen LogP contribution in [0.5, 0.6) is 5.75 Å². The van der Waals surface area contributed by atoms with Crippen LogP contribution in [0.25, 0.3) is 0 Å². The molecule has 0 amide bonds. The molecular formula is C13H14N4O. The van der Waals surface area contributed by atoms with Crippen molar-refractivity contribution in [1.29, 1.82) is 0 Å². The number of nitrogens with one attached hydrogen (secondary N) is 1. The molecule has 3 rings (SSSR count). The third-order valence-electron chi connectivity index (χ3n) is 2.87. The molecule has 0 radical (unpaired) electrons. The van der Waals surface area contributed by atoms with Crippen LogP contribution in [-0.4, -0.2) is 22.6 Å². The summed E-state index contributed by atoms with van der Waals surface area (Å²) in [6.07, 6.45) is 4.21. The van der Waals surface area contributed by atoms with E-state index in [9.17, 15) is 0 Å². The number of hydrogen-bond donors (Lipinski definition) is 2. The molecule has 1 aromatic heterocycles. The third kappa shape index (κ3) is 2.20. The van der Waals surface area contributed by atoms with Crippen molar-refractivity contribution >= 4 is 11.6 Å². The van der Waals surface area contributed by atoms with Gasteiger partial charge in [-0.3, -0.25) is 0 Å². The van der Waals surface area contributed by atoms with E-state index in [0.29, 0.717) is 18.2 Å². The number of fused-ring (bicyclic) bond motifs is 1. The summed E-state index contributed by atoms with van der Waals surface area (Å²) in [6, 6.07) is 8.10. The summed E-state index contributed by atoms with van der Waals surface area (Å²) in [5, 5.41) is 3.15. The fraction of sp³-hybridized carbons (Fsp3) is 0.231. The Kier molecular flexibility index (Phi) is 2.72. The van der Waals surface area contributed by atoms with Crippen molar-refractivity contribution in [3.8, 4) is 5.75 Å². The highest BCUT2D eigenvalue weighted by Crippen LogP contribution is 2.27. The molecule has 18 heavy (non-hydrogen) atoms. The summed E-state index contributed by atoms with van der Waals surface area (Å²) in [7, 11) is 0. The molecule has 5 nitrogen and oxygen atoms in total. The highest BCUT2D eigenvalue weighted by molar-refractivity contribution is 5.39. The largest absolute Gasteiger partial charge is 0.488 e. The Morgan fingerprint density at radius 3 is 2.83 bits per heavy atom. The van der Waals surface area contributed by atoms with E-state index in [1.165, 1.54) is 5.56 Å². The van der Waals surface area contributed by atoms with Gasteiger partial charge in [0.1, 0.15) is 11.9 Å². The number of benzene rings is 1. The van der Waals surface area contributed by atoms with E-state index in [0.717, 1.165) is 12.2 Å². The van der Waals surface area contributed by atoms with Gasteiger partial charge in [0.15, 0.2) is 0 Å². The monoisotopic (exact) mass is 242 g/mol. The number of ether oxygens (including phenoxy) is 1. The molecule has 0 spiro atoms. The number of nitrogen functional groups attached to an aromatic ring is 1. The van der Waals surface area contributed by atoms with E-state index in [-0.39, 0.29) is 6.10 Å². The van der Waals surface area contributed by atoms with Gasteiger partial charge in [0.2, 0.25) is 5.95 Å². The van der Waals surface area contributed by atoms with Crippen LogP contribution in [0.1, 0.15) is 5.56 Å². The standard InChI is InChI=1S/C13H14N4O/c14-10-6-15-13(16-7-10)17-8-11-5-9-3-1-2-4-12(9)18-11/h1-4,6-7,11H,5,8,14H2,(H,15,16,17). The van der Waals surface area contributed by atoms with Crippen molar-refractivity contribution in [2.45, 2.75) is 12.5 Å². The molecule has 3 N–H and O–H groups in total. The normalized spacial score (nSPS) is 17.0. The molecule has 0 bridgehead atoms. The lowest BCUT2D eigenvalue weighted by Gasteiger charge is -2.11. The summed E-state index contributed by atoms with van der Waals surface area (Å²) >= 11 is 0. The first-order valence-electron chi connectivity index (χ1n) is 5.87. The highest BCUT2D eigenvalue weighted by Gasteiger charge is 2.21. The highest BCUT2D eigenvalue weighted by atomic mass is 16.5. The predicted octanol–water partition coefficient (Wildman–Crippen LogP) is 1.47. The van der Waals surface area contributed by atoms with Crippen LogP contribution in [0.2, 0.25) is 0 Å². The maximum absolute atomic E-state index is 5.81. The Hall–Kier alpha value is -2.30. The molecule has 0 saturated carbocycles. The Morgan fingerprint density at radius 2 is 2.06 bits per heavy atom. The Morgan fingerprint density at radius 1 is 1.28 bits per heavy atom. The van der Waals surface area contributed by atoms with E-state index in [1.807, 2.05) is 18.2 Å². The maximum atomic E-state index is 5.81. The molecule has 1 aliphatic rings. The first kappa shape index (κ1) is 10.8. The lowest BCUT2D eigenvalue weighted by molar-refractivity contribution is 0.246. The quantitative estimate of drug-likeness (QED) is 0.852. The molecule has 2 heterocycles. The first-order chi connectivity index (χ1) is 8.81. The van der Waals surface area contributed by atoms with Crippen LogP contribution in [0.3, 0.4) is 0 Å². The zero-order valence-corrected chi connectivity index (χ0v) is 9.84. The Bertz CT molecular complexity index is 516. The summed E-state index contributed by atoms with van der Waals surface area (Å²) < 4.78 is 5.81. The lowest BCUT2D eigenvalue weighted by atomic mass is 10.1. The molecule has 2 aromatic rings. The Labute approximate surface area is 105 Å². The van der Waals surface area contributed by atoms with Gasteiger partial charge < -0.3 is 15.8 Å². The van der Waals surface area contributed by atoms with Crippen molar-refractivity contribution in [3.63, 3.8) is 0 Å². The second kappa shape index (κ2) is 4.52. The zero-order chi connectivity index (χ0) is 12.4. The number of rotatable bonds is 3. The van der Waals surface area contributed by atoms with Gasteiger partial charge in [-0.2, -0.15) is 0 Å². The van der Waals surface area contributed by atoms with Crippen LogP contribution >= 0.6 is 0 Å². The summed E-state index contributed by atoms with van der Waals surface area (Å²) in [5.74, 6) is 1.55. The van der Waals surface area contributed by atoms with E-state index in [4.69, 9.17) is 10.5 Å². The van der Waals surface area contributed by atoms with E-state index < -0.39 is 0 Å². The molecule has 5 heteroatoms. The molecule has 1 unspecified atom stereocenters. The molecule has 0 aliphatic carbocycles. The number of nitrogens with zero attached hydrogens (tertiary/aromatic N) is 2. The van der Waals surface area contributed by atoms with Gasteiger partial charge in [-0.25, -0.2) is 9.97 Å². The molecule has 1 aliphatic heterocycles. The maximum Gasteiger partial charge on any atom is 0.222 e. The summed E-state index contributed by atoms with van der Waals surface area (Å²) in [4.78, 5) is 8.17. The minimum absolute atomic E-state index is 0.128. The van der Waals surface area contributed by atoms with Crippen LogP contribution in [-0.2, 0) is 6.42 Å². The zero-order valence-electron chi connectivity index (χ0n) is 9.84. The number of anilines is 2. The topological polar surface area (TPSA) is 73.1 Å². The average Bonchev–Trinajstić information content (AvgIpc) is 2.81. The average molecular weight is 242 g/mol.